The van der Waals surface area contributed by atoms with Crippen LogP contribution in [0.1, 0.15) is 36.2 Å². The van der Waals surface area contributed by atoms with Crippen molar-refractivity contribution in [2.24, 2.45) is 0 Å². The van der Waals surface area contributed by atoms with E-state index in [1.54, 1.807) is 7.11 Å². The lowest BCUT2D eigenvalue weighted by Crippen LogP contribution is -2.48. The molecule has 0 saturated carbocycles. The van der Waals surface area contributed by atoms with E-state index in [9.17, 15) is 4.79 Å². The number of carbonyl (C=O) groups is 1. The molecule has 5 nitrogen and oxygen atoms in total. The van der Waals surface area contributed by atoms with Gasteiger partial charge >= 0.3 is 0 Å². The van der Waals surface area contributed by atoms with Crippen molar-refractivity contribution < 1.29 is 9.53 Å². The Morgan fingerprint density at radius 1 is 1.19 bits per heavy atom. The van der Waals surface area contributed by atoms with Gasteiger partial charge in [-0.05, 0) is 49.9 Å². The molecule has 1 amide bonds. The summed E-state index contributed by atoms with van der Waals surface area (Å²) in [5.41, 5.74) is 1.51. The Kier molecular flexibility index (Phi) is 7.29. The molecular formula is C18H23Cl2N3O2S. The van der Waals surface area contributed by atoms with Gasteiger partial charge in [0.25, 0.3) is 5.91 Å². The summed E-state index contributed by atoms with van der Waals surface area (Å²) in [7, 11) is 1.65. The van der Waals surface area contributed by atoms with Crippen LogP contribution in [0.4, 0.5) is 0 Å². The van der Waals surface area contributed by atoms with Crippen molar-refractivity contribution in [1.29, 1.82) is 0 Å². The van der Waals surface area contributed by atoms with Crippen LogP contribution in [0.2, 0.25) is 0 Å². The molecule has 0 aliphatic carbocycles. The summed E-state index contributed by atoms with van der Waals surface area (Å²) in [6, 6.07) is 9.14. The number of piperidine rings is 1. The Bertz CT molecular complexity index is 726. The second kappa shape index (κ2) is 9.04. The summed E-state index contributed by atoms with van der Waals surface area (Å²) in [6.07, 6.45) is 4.51. The number of methoxy groups -OCH3 is 1. The molecular weight excluding hydrogens is 393 g/mol. The number of hydrogen-bond acceptors (Lipinski definition) is 5. The molecule has 2 bridgehead atoms. The number of rotatable bonds is 4. The normalized spacial score (nSPS) is 23.5. The smallest absolute Gasteiger partial charge is 0.270 e. The van der Waals surface area contributed by atoms with E-state index in [2.05, 4.69) is 15.6 Å². The quantitative estimate of drug-likeness (QED) is 0.799. The van der Waals surface area contributed by atoms with Gasteiger partial charge in [0, 0.05) is 29.1 Å². The molecule has 2 N–H and O–H groups in total. The van der Waals surface area contributed by atoms with E-state index in [4.69, 9.17) is 4.74 Å². The predicted molar refractivity (Wildman–Crippen MR) is 109 cm³/mol. The van der Waals surface area contributed by atoms with Gasteiger partial charge in [0.05, 0.1) is 7.11 Å². The molecule has 0 spiro atoms. The average Bonchev–Trinajstić information content (AvgIpc) is 3.22. The molecule has 4 rings (SSSR count). The minimum absolute atomic E-state index is 0. The second-order valence-corrected chi connectivity index (χ2v) is 7.40. The number of ether oxygens (including phenoxy) is 1. The van der Waals surface area contributed by atoms with Gasteiger partial charge in [-0.3, -0.25) is 4.79 Å². The number of thiazole rings is 1. The second-order valence-electron chi connectivity index (χ2n) is 6.55. The molecule has 142 valence electrons. The van der Waals surface area contributed by atoms with Crippen LogP contribution >= 0.6 is 36.2 Å². The van der Waals surface area contributed by atoms with Gasteiger partial charge in [-0.2, -0.15) is 0 Å². The first kappa shape index (κ1) is 21.0. The van der Waals surface area contributed by atoms with Crippen molar-refractivity contribution in [2.75, 3.05) is 7.11 Å². The molecule has 2 atom stereocenters. The highest BCUT2D eigenvalue weighted by Gasteiger charge is 2.34. The predicted octanol–water partition coefficient (Wildman–Crippen LogP) is 3.68. The Hall–Kier alpha value is -1.34. The molecule has 2 saturated heterocycles. The maximum atomic E-state index is 12.5. The zero-order valence-corrected chi connectivity index (χ0v) is 16.9. The summed E-state index contributed by atoms with van der Waals surface area (Å²) < 4.78 is 5.17. The zero-order chi connectivity index (χ0) is 16.5. The van der Waals surface area contributed by atoms with Gasteiger partial charge < -0.3 is 15.4 Å². The van der Waals surface area contributed by atoms with Gasteiger partial charge in [0.1, 0.15) is 16.5 Å². The molecule has 2 fully saturated rings. The van der Waals surface area contributed by atoms with E-state index in [1.165, 1.54) is 24.2 Å². The number of nitrogens with zero attached hydrogens (tertiary/aromatic N) is 1. The lowest BCUT2D eigenvalue weighted by atomic mass is 10.00. The fraction of sp³-hybridized carbons (Fsp3) is 0.444. The van der Waals surface area contributed by atoms with E-state index in [0.717, 1.165) is 29.2 Å². The first-order valence-electron chi connectivity index (χ1n) is 8.38. The molecule has 3 heterocycles. The van der Waals surface area contributed by atoms with E-state index < -0.39 is 0 Å². The van der Waals surface area contributed by atoms with E-state index in [1.807, 2.05) is 29.6 Å². The number of nitrogens with one attached hydrogen (secondary N) is 2. The lowest BCUT2D eigenvalue weighted by molar-refractivity contribution is 0.0919. The number of carbonyl (C=O) groups excluding carboxylic acids is 1. The number of amides is 1. The summed E-state index contributed by atoms with van der Waals surface area (Å²) in [5.74, 6) is 0.756. The molecule has 2 aliphatic rings. The largest absolute Gasteiger partial charge is 0.497 e. The first-order chi connectivity index (χ1) is 11.7. The van der Waals surface area contributed by atoms with Gasteiger partial charge in [0.2, 0.25) is 0 Å². The molecule has 2 unspecified atom stereocenters. The van der Waals surface area contributed by atoms with Crippen LogP contribution in [0.5, 0.6) is 5.75 Å². The van der Waals surface area contributed by atoms with E-state index >= 15 is 0 Å². The summed E-state index contributed by atoms with van der Waals surface area (Å²) in [6.45, 7) is 0. The number of fused-ring (bicyclic) bond motifs is 2. The highest BCUT2D eigenvalue weighted by atomic mass is 35.5. The SMILES string of the molecule is COc1ccc(-c2nc(C(=O)NC3CC4CCC(C3)N4)cs2)cc1.Cl.Cl. The van der Waals surface area contributed by atoms with E-state index in [0.29, 0.717) is 17.8 Å². The van der Waals surface area contributed by atoms with Gasteiger partial charge in [-0.1, -0.05) is 0 Å². The Labute approximate surface area is 169 Å². The summed E-state index contributed by atoms with van der Waals surface area (Å²) >= 11 is 1.49. The summed E-state index contributed by atoms with van der Waals surface area (Å²) in [5, 5.41) is 9.45. The van der Waals surface area contributed by atoms with Gasteiger partial charge in [-0.25, -0.2) is 4.98 Å². The van der Waals surface area contributed by atoms with Crippen molar-refractivity contribution in [1.82, 2.24) is 15.6 Å². The molecule has 1 aromatic carbocycles. The zero-order valence-electron chi connectivity index (χ0n) is 14.4. The third-order valence-electron chi connectivity index (χ3n) is 4.88. The van der Waals surface area contributed by atoms with Crippen molar-refractivity contribution in [3.05, 3.63) is 35.3 Å². The topological polar surface area (TPSA) is 63.2 Å². The highest BCUT2D eigenvalue weighted by molar-refractivity contribution is 7.13. The fourth-order valence-corrected chi connectivity index (χ4v) is 4.48. The minimum Gasteiger partial charge on any atom is -0.497 e. The monoisotopic (exact) mass is 415 g/mol. The maximum Gasteiger partial charge on any atom is 0.270 e. The Morgan fingerprint density at radius 3 is 2.46 bits per heavy atom. The van der Waals surface area contributed by atoms with Crippen LogP contribution in [0.25, 0.3) is 10.6 Å². The Morgan fingerprint density at radius 2 is 1.85 bits per heavy atom. The van der Waals surface area contributed by atoms with Crippen LogP contribution in [0.15, 0.2) is 29.6 Å². The van der Waals surface area contributed by atoms with Gasteiger partial charge in [-0.15, -0.1) is 36.2 Å². The third kappa shape index (κ3) is 4.49. The molecule has 1 aromatic heterocycles. The lowest BCUT2D eigenvalue weighted by Gasteiger charge is -2.29. The molecule has 0 radical (unpaired) electrons. The van der Waals surface area contributed by atoms with Gasteiger partial charge in [0.15, 0.2) is 0 Å². The van der Waals surface area contributed by atoms with Crippen molar-refractivity contribution in [2.45, 2.75) is 43.8 Å². The first-order valence-corrected chi connectivity index (χ1v) is 9.26. The molecule has 8 heteroatoms. The number of aromatic nitrogens is 1. The molecule has 26 heavy (non-hydrogen) atoms. The van der Waals surface area contributed by atoms with Crippen molar-refractivity contribution >= 4 is 42.1 Å². The van der Waals surface area contributed by atoms with Crippen molar-refractivity contribution in [3.8, 4) is 16.3 Å². The van der Waals surface area contributed by atoms with Crippen LogP contribution in [-0.4, -0.2) is 36.1 Å². The minimum atomic E-state index is -0.0580. The van der Waals surface area contributed by atoms with Crippen molar-refractivity contribution in [3.63, 3.8) is 0 Å². The standard InChI is InChI=1S/C18H21N3O2S.2ClH/c1-23-15-6-2-11(3-7-15)18-21-16(10-24-18)17(22)20-14-8-12-4-5-13(9-14)19-12;;/h2-3,6-7,10,12-14,19H,4-5,8-9H2,1H3,(H,20,22);2*1H. The van der Waals surface area contributed by atoms with E-state index in [-0.39, 0.29) is 36.8 Å². The van der Waals surface area contributed by atoms with Crippen LogP contribution in [0, 0.1) is 0 Å². The third-order valence-corrected chi connectivity index (χ3v) is 5.77. The van der Waals surface area contributed by atoms with Crippen LogP contribution < -0.4 is 15.4 Å². The van der Waals surface area contributed by atoms with Crippen LogP contribution in [-0.2, 0) is 0 Å². The number of benzene rings is 1. The maximum absolute atomic E-state index is 12.5. The molecule has 2 aromatic rings. The molecule has 2 aliphatic heterocycles. The summed E-state index contributed by atoms with van der Waals surface area (Å²) in [4.78, 5) is 17.0. The number of halogens is 2. The average molecular weight is 416 g/mol. The van der Waals surface area contributed by atoms with Crippen LogP contribution in [0.3, 0.4) is 0 Å². The highest BCUT2D eigenvalue weighted by Crippen LogP contribution is 2.28. The number of hydrogen-bond donors (Lipinski definition) is 2. The Balaban J connectivity index is 0.00000121. The fourth-order valence-electron chi connectivity index (χ4n) is 3.68.